The van der Waals surface area contributed by atoms with Crippen molar-refractivity contribution in [3.63, 3.8) is 0 Å². The Kier molecular flexibility index (Phi) is 6.66. The van der Waals surface area contributed by atoms with E-state index in [0.29, 0.717) is 0 Å². The Labute approximate surface area is 194 Å². The maximum absolute atomic E-state index is 12.6. The minimum Gasteiger partial charge on any atom is -0.369 e. The van der Waals surface area contributed by atoms with Crippen molar-refractivity contribution in [3.8, 4) is 0 Å². The first kappa shape index (κ1) is 21.6. The highest BCUT2D eigenvalue weighted by Crippen LogP contribution is 2.22. The van der Waals surface area contributed by atoms with E-state index >= 15 is 0 Å². The predicted octanol–water partition coefficient (Wildman–Crippen LogP) is 1.67. The fourth-order valence-corrected chi connectivity index (χ4v) is 4.78. The van der Waals surface area contributed by atoms with Crippen LogP contribution in [0, 0.1) is 5.92 Å². The minimum absolute atomic E-state index is 0.0920. The highest BCUT2D eigenvalue weighted by Gasteiger charge is 2.25. The lowest BCUT2D eigenvalue weighted by Gasteiger charge is -2.36. The highest BCUT2D eigenvalue weighted by atomic mass is 16.1. The Bertz CT molecular complexity index is 1040. The van der Waals surface area contributed by atoms with Gasteiger partial charge in [-0.2, -0.15) is 4.52 Å². The molecule has 0 radical (unpaired) electrons. The minimum atomic E-state index is 0.0920. The van der Waals surface area contributed by atoms with Gasteiger partial charge in [0.1, 0.15) is 12.1 Å². The largest absolute Gasteiger partial charge is 0.369 e. The molecule has 9 heteroatoms. The third-order valence-corrected chi connectivity index (χ3v) is 6.78. The fraction of sp³-hybridized carbons (Fsp3) is 0.500. The molecule has 9 nitrogen and oxygen atoms in total. The van der Waals surface area contributed by atoms with E-state index in [9.17, 15) is 4.79 Å². The maximum Gasteiger partial charge on any atom is 0.223 e. The Hall–Kier alpha value is -3.20. The predicted molar refractivity (Wildman–Crippen MR) is 128 cm³/mol. The third kappa shape index (κ3) is 5.24. The van der Waals surface area contributed by atoms with Gasteiger partial charge in [0.2, 0.25) is 5.91 Å². The molecule has 0 bridgehead atoms. The Morgan fingerprint density at radius 3 is 2.52 bits per heavy atom. The molecule has 3 aromatic rings. The zero-order chi connectivity index (χ0) is 22.5. The van der Waals surface area contributed by atoms with Gasteiger partial charge in [-0.1, -0.05) is 18.2 Å². The van der Waals surface area contributed by atoms with Crippen molar-refractivity contribution in [1.82, 2.24) is 30.0 Å². The molecule has 174 valence electrons. The van der Waals surface area contributed by atoms with Gasteiger partial charge in [0.05, 0.1) is 0 Å². The Morgan fingerprint density at radius 1 is 0.939 bits per heavy atom. The van der Waals surface area contributed by atoms with E-state index < -0.39 is 0 Å². The number of nitrogens with one attached hydrogen (secondary N) is 1. The number of piperidine rings is 1. The van der Waals surface area contributed by atoms with Crippen LogP contribution >= 0.6 is 0 Å². The Balaban J connectivity index is 0.986. The van der Waals surface area contributed by atoms with Gasteiger partial charge in [-0.25, -0.2) is 0 Å². The number of nitrogens with zero attached hydrogens (tertiary/aromatic N) is 7. The summed E-state index contributed by atoms with van der Waals surface area (Å²) in [5.74, 6) is 1.20. The summed E-state index contributed by atoms with van der Waals surface area (Å²) in [6, 6.07) is 14.5. The quantitative estimate of drug-likeness (QED) is 0.551. The molecule has 1 amide bonds. The van der Waals surface area contributed by atoms with Gasteiger partial charge in [-0.15, -0.1) is 15.3 Å². The van der Waals surface area contributed by atoms with Gasteiger partial charge in [0, 0.05) is 57.4 Å². The molecule has 2 aliphatic heterocycles. The van der Waals surface area contributed by atoms with Crippen LogP contribution in [0.2, 0.25) is 0 Å². The number of fused-ring (bicyclic) bond motifs is 1. The first-order chi connectivity index (χ1) is 16.3. The highest BCUT2D eigenvalue weighted by molar-refractivity contribution is 5.78. The summed E-state index contributed by atoms with van der Waals surface area (Å²) < 4.78 is 1.69. The average Bonchev–Trinajstić information content (AvgIpc) is 3.35. The van der Waals surface area contributed by atoms with E-state index in [1.807, 2.05) is 12.1 Å². The summed E-state index contributed by atoms with van der Waals surface area (Å²) in [4.78, 5) is 19.8. The lowest BCUT2D eigenvalue weighted by Crippen LogP contribution is -2.47. The van der Waals surface area contributed by atoms with Crippen LogP contribution in [0.15, 0.2) is 48.8 Å². The zero-order valence-electron chi connectivity index (χ0n) is 19.0. The number of rotatable bonds is 7. The van der Waals surface area contributed by atoms with Crippen LogP contribution in [0.3, 0.4) is 0 Å². The van der Waals surface area contributed by atoms with Crippen molar-refractivity contribution < 1.29 is 4.79 Å². The molecule has 0 saturated carbocycles. The van der Waals surface area contributed by atoms with Crippen LogP contribution in [0.5, 0.6) is 0 Å². The van der Waals surface area contributed by atoms with Crippen LogP contribution in [-0.4, -0.2) is 83.0 Å². The number of carbonyl (C=O) groups is 1. The van der Waals surface area contributed by atoms with Crippen molar-refractivity contribution in [3.05, 3.63) is 48.8 Å². The SMILES string of the molecule is O=C(NCCCN1CCN(c2ccccc2)CC1)C1CCN(c2ccc3nncn3n2)CC1. The fourth-order valence-electron chi connectivity index (χ4n) is 4.78. The first-order valence-corrected chi connectivity index (χ1v) is 12.0. The summed E-state index contributed by atoms with van der Waals surface area (Å²) in [6.45, 7) is 7.76. The number of amides is 1. The number of hydrogen-bond donors (Lipinski definition) is 1. The van der Waals surface area contributed by atoms with E-state index in [2.05, 4.69) is 65.6 Å². The van der Waals surface area contributed by atoms with Crippen molar-refractivity contribution >= 4 is 23.1 Å². The number of carbonyl (C=O) groups excluding carboxylic acids is 1. The lowest BCUT2D eigenvalue weighted by atomic mass is 9.96. The van der Waals surface area contributed by atoms with Crippen LogP contribution < -0.4 is 15.1 Å². The number of anilines is 2. The molecule has 2 aromatic heterocycles. The van der Waals surface area contributed by atoms with Gasteiger partial charge in [0.25, 0.3) is 0 Å². The molecule has 4 heterocycles. The molecule has 2 aliphatic rings. The number of hydrogen-bond acceptors (Lipinski definition) is 7. The van der Waals surface area contributed by atoms with E-state index in [4.69, 9.17) is 0 Å². The normalized spacial score (nSPS) is 18.1. The first-order valence-electron chi connectivity index (χ1n) is 12.0. The van der Waals surface area contributed by atoms with Gasteiger partial charge >= 0.3 is 0 Å². The van der Waals surface area contributed by atoms with Gasteiger partial charge in [-0.3, -0.25) is 9.69 Å². The molecule has 0 atom stereocenters. The second-order valence-electron chi connectivity index (χ2n) is 8.90. The molecule has 0 aliphatic carbocycles. The van der Waals surface area contributed by atoms with Crippen molar-refractivity contribution in [2.75, 3.05) is 62.2 Å². The van der Waals surface area contributed by atoms with Gasteiger partial charge < -0.3 is 15.1 Å². The average molecular weight is 449 g/mol. The van der Waals surface area contributed by atoms with Crippen LogP contribution in [0.4, 0.5) is 11.5 Å². The maximum atomic E-state index is 12.6. The molecule has 2 fully saturated rings. The second-order valence-corrected chi connectivity index (χ2v) is 8.90. The molecule has 5 rings (SSSR count). The third-order valence-electron chi connectivity index (χ3n) is 6.78. The van der Waals surface area contributed by atoms with E-state index in [1.165, 1.54) is 5.69 Å². The van der Waals surface area contributed by atoms with Crippen LogP contribution in [0.1, 0.15) is 19.3 Å². The summed E-state index contributed by atoms with van der Waals surface area (Å²) >= 11 is 0. The second kappa shape index (κ2) is 10.2. The number of para-hydroxylation sites is 1. The molecular weight excluding hydrogens is 416 g/mol. The van der Waals surface area contributed by atoms with Crippen LogP contribution in [-0.2, 0) is 4.79 Å². The van der Waals surface area contributed by atoms with Gasteiger partial charge in [0.15, 0.2) is 5.65 Å². The molecule has 0 unspecified atom stereocenters. The van der Waals surface area contributed by atoms with Crippen molar-refractivity contribution in [2.24, 2.45) is 5.92 Å². The summed E-state index contributed by atoms with van der Waals surface area (Å²) in [6.07, 6.45) is 4.32. The van der Waals surface area contributed by atoms with E-state index in [-0.39, 0.29) is 11.8 Å². The van der Waals surface area contributed by atoms with Crippen LogP contribution in [0.25, 0.3) is 5.65 Å². The Morgan fingerprint density at radius 2 is 1.73 bits per heavy atom. The molecular formula is C24H32N8O. The number of aromatic nitrogens is 4. The standard InChI is InChI=1S/C24H32N8O/c33-24(20-9-13-31(14-10-20)23-8-7-22-27-26-19-32(22)28-23)25-11-4-12-29-15-17-30(18-16-29)21-5-2-1-3-6-21/h1-3,5-8,19-20H,4,9-18H2,(H,25,33). The smallest absolute Gasteiger partial charge is 0.223 e. The summed E-state index contributed by atoms with van der Waals surface area (Å²) in [5.41, 5.74) is 2.05. The topological polar surface area (TPSA) is 81.9 Å². The monoisotopic (exact) mass is 448 g/mol. The van der Waals surface area contributed by atoms with Gasteiger partial charge in [-0.05, 0) is 50.1 Å². The number of benzene rings is 1. The van der Waals surface area contributed by atoms with E-state index in [1.54, 1.807) is 10.8 Å². The summed E-state index contributed by atoms with van der Waals surface area (Å²) in [7, 11) is 0. The molecule has 2 saturated heterocycles. The van der Waals surface area contributed by atoms with Crippen molar-refractivity contribution in [2.45, 2.75) is 19.3 Å². The van der Waals surface area contributed by atoms with Crippen molar-refractivity contribution in [1.29, 1.82) is 0 Å². The molecule has 0 spiro atoms. The zero-order valence-corrected chi connectivity index (χ0v) is 19.0. The molecule has 1 aromatic carbocycles. The number of piperazine rings is 1. The summed E-state index contributed by atoms with van der Waals surface area (Å²) in [5, 5.41) is 15.6. The lowest BCUT2D eigenvalue weighted by molar-refractivity contribution is -0.125. The van der Waals surface area contributed by atoms with E-state index in [0.717, 1.165) is 83.1 Å². The molecule has 1 N–H and O–H groups in total. The molecule has 33 heavy (non-hydrogen) atoms.